The minimum atomic E-state index is -2.17. The number of ketones is 1. The van der Waals surface area contributed by atoms with Gasteiger partial charge in [-0.25, -0.2) is 0 Å². The van der Waals surface area contributed by atoms with Gasteiger partial charge in [-0.05, 0) is 12.3 Å². The SMILES string of the molecule is B=C1C(C(C)(N)O)=C(O)[C@@H](N(C)C)[C@@H]2C[C@@H]3Cc4c(c(O)cc(CNCC5CCOC5)c4N(C)C)C(=O)C3=C(O)[C@]12O. The molecule has 1 fully saturated rings. The number of phenolic OH excluding ortho intramolecular Hbond substituents is 1. The fourth-order valence-electron chi connectivity index (χ4n) is 7.68. The molecule has 1 aliphatic heterocycles. The first kappa shape index (κ1) is 30.7. The third-order valence-electron chi connectivity index (χ3n) is 9.44. The maximum atomic E-state index is 14.1. The number of aliphatic hydroxyl groups is 4. The quantitative estimate of drug-likeness (QED) is 0.171. The fraction of sp³-hybridized carbons (Fsp3) is 0.600. The van der Waals surface area contributed by atoms with E-state index < -0.39 is 40.7 Å². The van der Waals surface area contributed by atoms with E-state index in [2.05, 4.69) is 12.8 Å². The van der Waals surface area contributed by atoms with Crippen molar-refractivity contribution in [2.75, 3.05) is 52.8 Å². The second-order valence-corrected chi connectivity index (χ2v) is 12.9. The van der Waals surface area contributed by atoms with Gasteiger partial charge in [0.1, 0.15) is 0 Å². The van der Waals surface area contributed by atoms with Crippen LogP contribution in [0.3, 0.4) is 0 Å². The molecule has 1 aromatic carbocycles. The zero-order valence-corrected chi connectivity index (χ0v) is 25.1. The van der Waals surface area contributed by atoms with Crippen molar-refractivity contribution in [1.82, 2.24) is 10.2 Å². The number of benzene rings is 1. The summed E-state index contributed by atoms with van der Waals surface area (Å²) in [5, 5.41) is 60.6. The van der Waals surface area contributed by atoms with Gasteiger partial charge in [-0.3, -0.25) is 0 Å². The van der Waals surface area contributed by atoms with Crippen molar-refractivity contribution in [3.63, 3.8) is 0 Å². The number of phenols is 1. The van der Waals surface area contributed by atoms with E-state index in [0.717, 1.165) is 37.4 Å². The summed E-state index contributed by atoms with van der Waals surface area (Å²) in [5.74, 6) is -2.45. The van der Waals surface area contributed by atoms with Crippen molar-refractivity contribution >= 4 is 24.4 Å². The predicted octanol–water partition coefficient (Wildman–Crippen LogP) is -0.00130. The summed E-state index contributed by atoms with van der Waals surface area (Å²) < 4.78 is 5.48. The first-order chi connectivity index (χ1) is 19.6. The van der Waals surface area contributed by atoms with Crippen molar-refractivity contribution in [3.05, 3.63) is 45.4 Å². The molecular weight excluding hydrogens is 539 g/mol. The van der Waals surface area contributed by atoms with Crippen LogP contribution in [0.25, 0.3) is 0 Å². The maximum absolute atomic E-state index is 14.1. The molecular formula is C30H43BN4O7. The fourth-order valence-corrected chi connectivity index (χ4v) is 7.68. The van der Waals surface area contributed by atoms with Crippen LogP contribution in [0, 0.1) is 17.8 Å². The molecule has 0 aromatic heterocycles. The number of anilines is 1. The zero-order chi connectivity index (χ0) is 30.9. The van der Waals surface area contributed by atoms with E-state index in [-0.39, 0.29) is 40.1 Å². The van der Waals surface area contributed by atoms with Crippen molar-refractivity contribution in [3.8, 4) is 5.75 Å². The number of ether oxygens (including phenoxy) is 1. The van der Waals surface area contributed by atoms with Crippen molar-refractivity contribution < 1.29 is 35.1 Å². The molecule has 12 heteroatoms. The van der Waals surface area contributed by atoms with Gasteiger partial charge in [0.05, 0.1) is 6.61 Å². The average molecular weight is 583 g/mol. The first-order valence-electron chi connectivity index (χ1n) is 14.5. The standard InChI is InChI=1S/C30H43BN4O7/c1-29(32,40)22-26(38)24(35(4)5)18-9-15-8-17-21(25(37)20(15)28(39)30(18,41)27(22)31)19(36)10-16(23(17)34(2)3)12-33-11-14-6-7-42-13-14/h10,14-15,18,24,31,33,36,38-41H,6-9,11-13,32H2,1-5H3/t14?,15-,18-,24-,29?,30+/m0/s1. The molecule has 0 spiro atoms. The number of nitrogens with one attached hydrogen (secondary N) is 1. The minimum absolute atomic E-state index is 0.00410. The molecule has 0 amide bonds. The number of fused-ring (bicyclic) bond motifs is 3. The Hall–Kier alpha value is -2.74. The van der Waals surface area contributed by atoms with Crippen LogP contribution in [0.5, 0.6) is 5.75 Å². The number of allylic oxidation sites excluding steroid dienone is 1. The van der Waals surface area contributed by atoms with E-state index in [4.69, 9.17) is 10.5 Å². The number of carbonyl (C=O) groups is 1. The molecule has 1 heterocycles. The van der Waals surface area contributed by atoms with Crippen LogP contribution in [0.1, 0.15) is 41.3 Å². The van der Waals surface area contributed by atoms with Gasteiger partial charge in [0, 0.05) is 6.61 Å². The Kier molecular flexibility index (Phi) is 7.87. The van der Waals surface area contributed by atoms with Crippen molar-refractivity contribution in [2.24, 2.45) is 23.5 Å². The third-order valence-corrected chi connectivity index (χ3v) is 9.44. The van der Waals surface area contributed by atoms with Gasteiger partial charge >= 0.3 is 217 Å². The Morgan fingerprint density at radius 2 is 1.93 bits per heavy atom. The number of hydrogen-bond acceptors (Lipinski definition) is 11. The van der Waals surface area contributed by atoms with Gasteiger partial charge in [-0.15, -0.1) is 0 Å². The Morgan fingerprint density at radius 3 is 2.50 bits per heavy atom. The normalized spacial score (nSPS) is 30.8. The van der Waals surface area contributed by atoms with Gasteiger partial charge in [0.2, 0.25) is 0 Å². The molecule has 0 saturated carbocycles. The van der Waals surface area contributed by atoms with E-state index in [1.165, 1.54) is 6.92 Å². The predicted molar refractivity (Wildman–Crippen MR) is 161 cm³/mol. The molecule has 8 N–H and O–H groups in total. The second kappa shape index (κ2) is 10.8. The molecule has 42 heavy (non-hydrogen) atoms. The van der Waals surface area contributed by atoms with Gasteiger partial charge in [-0.1, -0.05) is 0 Å². The zero-order valence-electron chi connectivity index (χ0n) is 25.1. The van der Waals surface area contributed by atoms with Crippen LogP contribution in [0.2, 0.25) is 0 Å². The molecule has 2 unspecified atom stereocenters. The number of nitrogens with two attached hydrogens (primary N) is 1. The number of rotatable bonds is 7. The molecule has 1 aromatic rings. The van der Waals surface area contributed by atoms with Crippen LogP contribution >= 0.6 is 0 Å². The molecule has 0 bridgehead atoms. The van der Waals surface area contributed by atoms with Crippen LogP contribution in [-0.2, 0) is 17.7 Å². The number of likely N-dealkylation sites (N-methyl/N-ethyl adjacent to an activating group) is 1. The average Bonchev–Trinajstić information content (AvgIpc) is 3.38. The molecule has 1 saturated heterocycles. The Morgan fingerprint density at radius 1 is 1.24 bits per heavy atom. The summed E-state index contributed by atoms with van der Waals surface area (Å²) in [6.45, 7) is 4.01. The molecule has 5 rings (SSSR count). The monoisotopic (exact) mass is 582 g/mol. The van der Waals surface area contributed by atoms with Crippen LogP contribution < -0.4 is 16.0 Å². The number of aromatic hydroxyl groups is 1. The summed E-state index contributed by atoms with van der Waals surface area (Å²) in [6, 6.07) is 0.761. The third kappa shape index (κ3) is 4.69. The van der Waals surface area contributed by atoms with E-state index in [1.54, 1.807) is 25.1 Å². The van der Waals surface area contributed by atoms with Crippen LogP contribution in [0.4, 0.5) is 5.69 Å². The van der Waals surface area contributed by atoms with Gasteiger partial charge in [-0.2, -0.15) is 0 Å². The molecule has 0 radical (unpaired) electrons. The number of aliphatic hydroxyl groups excluding tert-OH is 2. The number of Topliss-reactive ketones (excluding diaryl/α,β-unsaturated/α-hetero) is 1. The van der Waals surface area contributed by atoms with Gasteiger partial charge < -0.3 is 4.74 Å². The first-order valence-corrected chi connectivity index (χ1v) is 14.5. The van der Waals surface area contributed by atoms with E-state index in [9.17, 15) is 30.3 Å². The van der Waals surface area contributed by atoms with Gasteiger partial charge in [0.25, 0.3) is 0 Å². The van der Waals surface area contributed by atoms with E-state index >= 15 is 0 Å². The summed E-state index contributed by atoms with van der Waals surface area (Å²) in [4.78, 5) is 17.8. The molecule has 228 valence electrons. The summed E-state index contributed by atoms with van der Waals surface area (Å²) in [6.07, 6.45) is 1.56. The van der Waals surface area contributed by atoms with Crippen molar-refractivity contribution in [1.29, 1.82) is 0 Å². The Balaban J connectivity index is 1.61. The number of hydrogen-bond donors (Lipinski definition) is 7. The van der Waals surface area contributed by atoms with E-state index in [1.807, 2.05) is 19.0 Å². The Bertz CT molecular complexity index is 1380. The summed E-state index contributed by atoms with van der Waals surface area (Å²) in [7, 11) is 11.2. The molecule has 3 aliphatic carbocycles. The topological polar surface area (TPSA) is 172 Å². The number of carbonyl (C=O) groups excluding carboxylic acids is 1. The van der Waals surface area contributed by atoms with Crippen LogP contribution in [-0.4, -0.2) is 114 Å². The number of nitrogens with zero attached hydrogens (tertiary/aromatic N) is 2. The van der Waals surface area contributed by atoms with E-state index in [0.29, 0.717) is 24.4 Å². The van der Waals surface area contributed by atoms with Crippen LogP contribution in [0.15, 0.2) is 28.7 Å². The van der Waals surface area contributed by atoms with Crippen molar-refractivity contribution in [2.45, 2.75) is 50.1 Å². The Labute approximate surface area is 247 Å². The van der Waals surface area contributed by atoms with Gasteiger partial charge in [0.15, 0.2) is 0 Å². The molecule has 6 atom stereocenters. The summed E-state index contributed by atoms with van der Waals surface area (Å²) >= 11 is 0. The molecule has 4 aliphatic rings. The molecule has 11 nitrogen and oxygen atoms in total. The summed E-state index contributed by atoms with van der Waals surface area (Å²) in [5.41, 5.74) is 3.84. The second-order valence-electron chi connectivity index (χ2n) is 12.9.